The Kier molecular flexibility index (Phi) is 3.40. The maximum atomic E-state index is 13.7. The Morgan fingerprint density at radius 1 is 1.47 bits per heavy atom. The van der Waals surface area contributed by atoms with Crippen molar-refractivity contribution in [3.63, 3.8) is 0 Å². The van der Waals surface area contributed by atoms with Gasteiger partial charge in [0.25, 0.3) is 0 Å². The van der Waals surface area contributed by atoms with Crippen molar-refractivity contribution in [3.05, 3.63) is 45.7 Å². The molecule has 1 N–H and O–H groups in total. The Morgan fingerprint density at radius 2 is 2.24 bits per heavy atom. The average Bonchev–Trinajstić information content (AvgIpc) is 2.75. The monoisotopic (exact) mass is 253 g/mol. The fraction of sp³-hybridized carbons (Fsp3) is 0.250. The van der Waals surface area contributed by atoms with E-state index in [0.29, 0.717) is 10.6 Å². The van der Waals surface area contributed by atoms with E-state index in [-0.39, 0.29) is 5.56 Å². The lowest BCUT2D eigenvalue weighted by atomic mass is 10.1. The number of benzene rings is 1. The first kappa shape index (κ1) is 12.0. The van der Waals surface area contributed by atoms with Crippen molar-refractivity contribution in [1.29, 1.82) is 0 Å². The first-order chi connectivity index (χ1) is 8.11. The van der Waals surface area contributed by atoms with Crippen LogP contribution in [-0.4, -0.2) is 17.2 Å². The van der Waals surface area contributed by atoms with E-state index in [1.54, 1.807) is 12.3 Å². The highest BCUT2D eigenvalue weighted by Crippen LogP contribution is 2.29. The third-order valence-corrected chi connectivity index (χ3v) is 3.38. The largest absolute Gasteiger partial charge is 0.497 e. The molecule has 0 amide bonds. The Balaban J connectivity index is 2.34. The van der Waals surface area contributed by atoms with Crippen LogP contribution in [0, 0.1) is 12.7 Å². The maximum absolute atomic E-state index is 13.7. The first-order valence-corrected chi connectivity index (χ1v) is 5.87. The van der Waals surface area contributed by atoms with Gasteiger partial charge in [-0.25, -0.2) is 9.37 Å². The second-order valence-corrected chi connectivity index (χ2v) is 4.84. The van der Waals surface area contributed by atoms with Gasteiger partial charge in [-0.3, -0.25) is 0 Å². The number of aliphatic hydroxyl groups is 1. The normalized spacial score (nSPS) is 12.5. The number of methoxy groups -OCH3 is 1. The molecule has 0 fully saturated rings. The van der Waals surface area contributed by atoms with Crippen molar-refractivity contribution in [2.45, 2.75) is 13.0 Å². The van der Waals surface area contributed by atoms with Crippen LogP contribution in [0.25, 0.3) is 0 Å². The number of thiazole rings is 1. The second kappa shape index (κ2) is 4.81. The smallest absolute Gasteiger partial charge is 0.133 e. The number of hydrogen-bond acceptors (Lipinski definition) is 4. The van der Waals surface area contributed by atoms with Crippen LogP contribution in [0.5, 0.6) is 5.75 Å². The summed E-state index contributed by atoms with van der Waals surface area (Å²) >= 11 is 1.35. The molecular weight excluding hydrogens is 241 g/mol. The highest BCUT2D eigenvalue weighted by Gasteiger charge is 2.17. The summed E-state index contributed by atoms with van der Waals surface area (Å²) in [6.07, 6.45) is 0.584. The zero-order chi connectivity index (χ0) is 12.4. The van der Waals surface area contributed by atoms with Gasteiger partial charge in [0.1, 0.15) is 17.7 Å². The molecular formula is C12H12FNO2S. The SMILES string of the molecule is COc1ccc(C(O)c2cnc(C)s2)c(F)c1. The summed E-state index contributed by atoms with van der Waals surface area (Å²) in [4.78, 5) is 4.67. The molecule has 90 valence electrons. The maximum Gasteiger partial charge on any atom is 0.133 e. The van der Waals surface area contributed by atoms with Gasteiger partial charge in [0.2, 0.25) is 0 Å². The minimum absolute atomic E-state index is 0.231. The number of hydrogen-bond donors (Lipinski definition) is 1. The summed E-state index contributed by atoms with van der Waals surface area (Å²) in [7, 11) is 1.47. The number of nitrogens with zero attached hydrogens (tertiary/aromatic N) is 1. The van der Waals surface area contributed by atoms with Crippen LogP contribution in [-0.2, 0) is 0 Å². The molecule has 5 heteroatoms. The molecule has 1 aromatic heterocycles. The fourth-order valence-electron chi connectivity index (χ4n) is 1.51. The van der Waals surface area contributed by atoms with Gasteiger partial charge in [0, 0.05) is 17.8 Å². The Morgan fingerprint density at radius 3 is 2.76 bits per heavy atom. The highest BCUT2D eigenvalue weighted by molar-refractivity contribution is 7.11. The third kappa shape index (κ3) is 2.45. The molecule has 2 aromatic rings. The second-order valence-electron chi connectivity index (χ2n) is 3.57. The number of halogens is 1. The van der Waals surface area contributed by atoms with Crippen LogP contribution in [0.2, 0.25) is 0 Å². The number of rotatable bonds is 3. The molecule has 1 atom stereocenters. The zero-order valence-corrected chi connectivity index (χ0v) is 10.3. The molecule has 3 nitrogen and oxygen atoms in total. The van der Waals surface area contributed by atoms with E-state index < -0.39 is 11.9 Å². The first-order valence-electron chi connectivity index (χ1n) is 5.05. The minimum atomic E-state index is -0.980. The van der Waals surface area contributed by atoms with Gasteiger partial charge in [0.05, 0.1) is 17.0 Å². The van der Waals surface area contributed by atoms with Crippen molar-refractivity contribution in [2.24, 2.45) is 0 Å². The van der Waals surface area contributed by atoms with E-state index in [2.05, 4.69) is 4.98 Å². The molecule has 1 aromatic carbocycles. The predicted molar refractivity (Wildman–Crippen MR) is 63.9 cm³/mol. The van der Waals surface area contributed by atoms with Crippen LogP contribution < -0.4 is 4.74 Å². The van der Waals surface area contributed by atoms with E-state index in [9.17, 15) is 9.50 Å². The molecule has 0 aliphatic rings. The molecule has 1 heterocycles. The minimum Gasteiger partial charge on any atom is -0.497 e. The molecule has 0 aliphatic heterocycles. The highest BCUT2D eigenvalue weighted by atomic mass is 32.1. The van der Waals surface area contributed by atoms with Gasteiger partial charge in [-0.2, -0.15) is 0 Å². The van der Waals surface area contributed by atoms with E-state index >= 15 is 0 Å². The number of aliphatic hydroxyl groups excluding tert-OH is 1. The molecule has 2 rings (SSSR count). The van der Waals surface area contributed by atoms with Gasteiger partial charge in [0.15, 0.2) is 0 Å². The van der Waals surface area contributed by atoms with E-state index in [1.165, 1.54) is 30.6 Å². The predicted octanol–water partition coefficient (Wildman–Crippen LogP) is 2.68. The van der Waals surface area contributed by atoms with Crippen LogP contribution in [0.3, 0.4) is 0 Å². The van der Waals surface area contributed by atoms with Crippen molar-refractivity contribution >= 4 is 11.3 Å². The van der Waals surface area contributed by atoms with Gasteiger partial charge < -0.3 is 9.84 Å². The topological polar surface area (TPSA) is 42.4 Å². The standard InChI is InChI=1S/C12H12FNO2S/c1-7-14-6-11(17-7)12(15)9-4-3-8(16-2)5-10(9)13/h3-6,12,15H,1-2H3. The molecule has 0 bridgehead atoms. The lowest BCUT2D eigenvalue weighted by Gasteiger charge is -2.10. The quantitative estimate of drug-likeness (QED) is 0.914. The summed E-state index contributed by atoms with van der Waals surface area (Å²) in [6.45, 7) is 1.84. The number of aromatic nitrogens is 1. The summed E-state index contributed by atoms with van der Waals surface area (Å²) in [5.74, 6) is -0.0539. The summed E-state index contributed by atoms with van der Waals surface area (Å²) < 4.78 is 18.6. The Bertz CT molecular complexity index is 527. The molecule has 1 unspecified atom stereocenters. The van der Waals surface area contributed by atoms with Gasteiger partial charge in [-0.1, -0.05) is 0 Å². The number of ether oxygens (including phenoxy) is 1. The molecule has 0 aliphatic carbocycles. The third-order valence-electron chi connectivity index (χ3n) is 2.41. The van der Waals surface area contributed by atoms with Crippen LogP contribution in [0.15, 0.2) is 24.4 Å². The molecule has 0 spiro atoms. The van der Waals surface area contributed by atoms with Gasteiger partial charge in [-0.15, -0.1) is 11.3 Å². The van der Waals surface area contributed by atoms with Crippen molar-refractivity contribution in [2.75, 3.05) is 7.11 Å². The van der Waals surface area contributed by atoms with E-state index in [1.807, 2.05) is 6.92 Å². The lowest BCUT2D eigenvalue weighted by molar-refractivity contribution is 0.218. The summed E-state index contributed by atoms with van der Waals surface area (Å²) in [6, 6.07) is 4.40. The zero-order valence-electron chi connectivity index (χ0n) is 9.48. The lowest BCUT2D eigenvalue weighted by Crippen LogP contribution is -2.01. The van der Waals surface area contributed by atoms with Crippen LogP contribution in [0.4, 0.5) is 4.39 Å². The molecule has 0 saturated carbocycles. The van der Waals surface area contributed by atoms with Crippen molar-refractivity contribution in [1.82, 2.24) is 4.98 Å². The summed E-state index contributed by atoms with van der Waals surface area (Å²) in [5.41, 5.74) is 0.231. The molecule has 0 radical (unpaired) electrons. The molecule has 0 saturated heterocycles. The van der Waals surface area contributed by atoms with Crippen LogP contribution in [0.1, 0.15) is 21.6 Å². The van der Waals surface area contributed by atoms with Crippen LogP contribution >= 0.6 is 11.3 Å². The Hall–Kier alpha value is -1.46. The molecule has 17 heavy (non-hydrogen) atoms. The Labute approximate surface area is 103 Å². The van der Waals surface area contributed by atoms with Gasteiger partial charge >= 0.3 is 0 Å². The van der Waals surface area contributed by atoms with Gasteiger partial charge in [-0.05, 0) is 19.1 Å². The van der Waals surface area contributed by atoms with E-state index in [0.717, 1.165) is 5.01 Å². The fourth-order valence-corrected chi connectivity index (χ4v) is 2.30. The summed E-state index contributed by atoms with van der Waals surface area (Å²) in [5, 5.41) is 10.9. The number of aryl methyl sites for hydroxylation is 1. The van der Waals surface area contributed by atoms with Crippen molar-refractivity contribution < 1.29 is 14.2 Å². The average molecular weight is 253 g/mol. The van der Waals surface area contributed by atoms with E-state index in [4.69, 9.17) is 4.74 Å². The van der Waals surface area contributed by atoms with Crippen molar-refractivity contribution in [3.8, 4) is 5.75 Å².